The van der Waals surface area contributed by atoms with E-state index < -0.39 is 74.3 Å². The van der Waals surface area contributed by atoms with E-state index in [0.717, 1.165) is 11.5 Å². The molecule has 0 bridgehead atoms. The summed E-state index contributed by atoms with van der Waals surface area (Å²) in [5.41, 5.74) is -2.68. The van der Waals surface area contributed by atoms with Crippen molar-refractivity contribution < 1.29 is 41.9 Å². The van der Waals surface area contributed by atoms with Crippen LogP contribution in [-0.2, 0) is 33.9 Å². The van der Waals surface area contributed by atoms with Crippen molar-refractivity contribution in [2.45, 2.75) is 88.0 Å². The third kappa shape index (κ3) is 9.58. The van der Waals surface area contributed by atoms with Crippen LogP contribution in [0.15, 0.2) is 61.8 Å². The third-order valence-corrected chi connectivity index (χ3v) is 9.89. The number of aromatic nitrogens is 1. The predicted octanol–water partition coefficient (Wildman–Crippen LogP) is 1.84. The van der Waals surface area contributed by atoms with Crippen LogP contribution in [0.25, 0.3) is 10.8 Å². The van der Waals surface area contributed by atoms with Gasteiger partial charge in [-0.05, 0) is 70.6 Å². The van der Waals surface area contributed by atoms with Gasteiger partial charge < -0.3 is 30.3 Å². The molecular formula is C34H44N6O9S. The number of nitrogens with zero attached hydrogens (tertiary/aromatic N) is 2. The molecule has 1 aromatic heterocycles. The van der Waals surface area contributed by atoms with Gasteiger partial charge >= 0.3 is 6.09 Å². The first-order chi connectivity index (χ1) is 23.5. The second kappa shape index (κ2) is 15.3. The lowest BCUT2D eigenvalue weighted by molar-refractivity contribution is -0.141. The van der Waals surface area contributed by atoms with Crippen molar-refractivity contribution in [2.24, 2.45) is 0 Å². The molecule has 1 saturated carbocycles. The van der Waals surface area contributed by atoms with Crippen molar-refractivity contribution in [3.05, 3.63) is 61.8 Å². The zero-order valence-corrected chi connectivity index (χ0v) is 29.4. The number of sulfonamides is 1. The number of fused-ring (bicyclic) bond motifs is 1. The van der Waals surface area contributed by atoms with E-state index in [4.69, 9.17) is 9.47 Å². The zero-order valence-electron chi connectivity index (χ0n) is 28.6. The molecule has 1 aliphatic carbocycles. The van der Waals surface area contributed by atoms with E-state index in [-0.39, 0.29) is 31.8 Å². The van der Waals surface area contributed by atoms with Gasteiger partial charge in [-0.1, -0.05) is 30.9 Å². The Morgan fingerprint density at radius 3 is 2.42 bits per heavy atom. The van der Waals surface area contributed by atoms with Crippen LogP contribution in [0, 0.1) is 0 Å². The summed E-state index contributed by atoms with van der Waals surface area (Å²) in [7, 11) is -3.95. The number of benzene rings is 1. The highest BCUT2D eigenvalue weighted by molar-refractivity contribution is 7.91. The van der Waals surface area contributed by atoms with Crippen LogP contribution >= 0.6 is 0 Å². The molecule has 270 valence electrons. The maximum Gasteiger partial charge on any atom is 0.408 e. The Morgan fingerprint density at radius 2 is 1.78 bits per heavy atom. The highest BCUT2D eigenvalue weighted by Gasteiger charge is 2.47. The molecule has 16 heteroatoms. The second-order valence-electron chi connectivity index (χ2n) is 13.5. The molecule has 4 rings (SSSR count). The number of likely N-dealkylation sites (tertiary alicyclic amines) is 1. The van der Waals surface area contributed by atoms with Gasteiger partial charge in [0.2, 0.25) is 33.6 Å². The van der Waals surface area contributed by atoms with Crippen molar-refractivity contribution in [3.63, 3.8) is 0 Å². The molecule has 2 aliphatic rings. The Hall–Kier alpha value is -4.99. The summed E-state index contributed by atoms with van der Waals surface area (Å²) in [6.07, 6.45) is 2.85. The van der Waals surface area contributed by atoms with Gasteiger partial charge in [-0.3, -0.25) is 23.9 Å². The molecule has 0 spiro atoms. The second-order valence-corrected chi connectivity index (χ2v) is 15.4. The van der Waals surface area contributed by atoms with Crippen LogP contribution in [0.5, 0.6) is 5.88 Å². The molecule has 2 aromatic rings. The molecule has 1 aromatic carbocycles. The van der Waals surface area contributed by atoms with Gasteiger partial charge in [-0.25, -0.2) is 18.2 Å². The number of nitrogens with one attached hydrogen (secondary N) is 4. The van der Waals surface area contributed by atoms with Crippen molar-refractivity contribution in [3.8, 4) is 5.88 Å². The number of carbonyl (C=O) groups is 5. The van der Waals surface area contributed by atoms with Crippen molar-refractivity contribution in [1.29, 1.82) is 0 Å². The Labute approximate surface area is 291 Å². The van der Waals surface area contributed by atoms with E-state index in [1.54, 1.807) is 27.0 Å². The smallest absolute Gasteiger partial charge is 0.408 e. The molecule has 4 atom stereocenters. The van der Waals surface area contributed by atoms with Crippen LogP contribution in [0.1, 0.15) is 53.4 Å². The number of alkyl carbamates (subject to hydrolysis) is 1. The molecule has 0 unspecified atom stereocenters. The molecule has 50 heavy (non-hydrogen) atoms. The van der Waals surface area contributed by atoms with E-state index in [0.29, 0.717) is 18.2 Å². The molecule has 2 heterocycles. The fourth-order valence-corrected chi connectivity index (χ4v) is 6.80. The fraction of sp³-hybridized carbons (Fsp3) is 0.471. The first-order valence-corrected chi connectivity index (χ1v) is 17.7. The highest BCUT2D eigenvalue weighted by Crippen LogP contribution is 2.30. The van der Waals surface area contributed by atoms with Crippen LogP contribution in [0.4, 0.5) is 4.79 Å². The Kier molecular flexibility index (Phi) is 11.6. The summed E-state index contributed by atoms with van der Waals surface area (Å²) >= 11 is 0. The van der Waals surface area contributed by atoms with Crippen LogP contribution in [-0.4, -0.2) is 95.7 Å². The summed E-state index contributed by atoms with van der Waals surface area (Å²) in [6, 6.07) is 6.52. The molecule has 4 N–H and O–H groups in total. The number of hydrogen-bond donors (Lipinski definition) is 4. The third-order valence-electron chi connectivity index (χ3n) is 8.07. The Bertz CT molecular complexity index is 1770. The number of rotatable bonds is 14. The first kappa shape index (κ1) is 37.8. The SMILES string of the molecule is C=CC[C@](C)(NC(=O)[C@@H]1C[C@@H](Oc2nccc3ccccc23)CN1C(=O)[C@H](CNC(=O)C=C)NC(=O)OC(C)(C)C)C(=O)NS(=O)(=O)C1CC1. The molecular weight excluding hydrogens is 668 g/mol. The molecule has 5 amide bonds. The Morgan fingerprint density at radius 1 is 1.08 bits per heavy atom. The number of ether oxygens (including phenoxy) is 2. The topological polar surface area (TPSA) is 202 Å². The van der Waals surface area contributed by atoms with E-state index in [1.165, 1.54) is 17.9 Å². The van der Waals surface area contributed by atoms with Crippen LogP contribution in [0.2, 0.25) is 0 Å². The van der Waals surface area contributed by atoms with E-state index in [1.807, 2.05) is 30.3 Å². The van der Waals surface area contributed by atoms with E-state index >= 15 is 0 Å². The van der Waals surface area contributed by atoms with Crippen molar-refractivity contribution in [2.75, 3.05) is 13.1 Å². The Balaban J connectivity index is 1.65. The summed E-state index contributed by atoms with van der Waals surface area (Å²) in [5, 5.41) is 8.47. The minimum Gasteiger partial charge on any atom is -0.472 e. The fourth-order valence-electron chi connectivity index (χ4n) is 5.39. The highest BCUT2D eigenvalue weighted by atomic mass is 32.2. The standard InChI is InChI=1S/C34H44N6O9S/c1-7-16-34(6,31(44)39-50(46,47)23-13-14-23)38-28(42)26-18-22(48-29-24-12-10-9-11-21(24)15-17-35-29)20-40(26)30(43)25(19-36-27(41)8-2)37-32(45)49-33(3,4)5/h7-12,15,17,22-23,25-26H,1-2,13-14,16,18-20H2,3-6H3,(H,36,41)(H,37,45)(H,38,42)(H,39,44)/t22-,25+,26+,34+/m1/s1. The lowest BCUT2D eigenvalue weighted by Crippen LogP contribution is -2.62. The molecule has 1 aliphatic heterocycles. The predicted molar refractivity (Wildman–Crippen MR) is 184 cm³/mol. The van der Waals surface area contributed by atoms with Gasteiger partial charge in [-0.15, -0.1) is 6.58 Å². The van der Waals surface area contributed by atoms with Crippen LogP contribution in [0.3, 0.4) is 0 Å². The zero-order chi connectivity index (χ0) is 36.9. The number of carbonyl (C=O) groups excluding carboxylic acids is 5. The lowest BCUT2D eigenvalue weighted by atomic mass is 9.96. The van der Waals surface area contributed by atoms with Gasteiger partial charge in [0.05, 0.1) is 11.8 Å². The monoisotopic (exact) mass is 712 g/mol. The molecule has 1 saturated heterocycles. The molecule has 15 nitrogen and oxygen atoms in total. The summed E-state index contributed by atoms with van der Waals surface area (Å²) in [6.45, 7) is 12.8. The maximum atomic E-state index is 14.2. The summed E-state index contributed by atoms with van der Waals surface area (Å²) < 4.78 is 38.9. The quantitative estimate of drug-likeness (QED) is 0.165. The van der Waals surface area contributed by atoms with Gasteiger partial charge in [-0.2, -0.15) is 0 Å². The minimum absolute atomic E-state index is 0.0627. The van der Waals surface area contributed by atoms with E-state index in [9.17, 15) is 32.4 Å². The van der Waals surface area contributed by atoms with Crippen molar-refractivity contribution >= 4 is 50.5 Å². The normalized spacial score (nSPS) is 19.3. The van der Waals surface area contributed by atoms with Gasteiger partial charge in [0.25, 0.3) is 5.91 Å². The first-order valence-electron chi connectivity index (χ1n) is 16.2. The average molecular weight is 713 g/mol. The van der Waals surface area contributed by atoms with Gasteiger partial charge in [0, 0.05) is 24.5 Å². The minimum atomic E-state index is -3.95. The van der Waals surface area contributed by atoms with Crippen molar-refractivity contribution in [1.82, 2.24) is 30.6 Å². The largest absolute Gasteiger partial charge is 0.472 e. The van der Waals surface area contributed by atoms with Gasteiger partial charge in [0.15, 0.2) is 0 Å². The lowest BCUT2D eigenvalue weighted by Gasteiger charge is -2.33. The number of pyridine rings is 1. The maximum absolute atomic E-state index is 14.2. The summed E-state index contributed by atoms with van der Waals surface area (Å²) in [4.78, 5) is 72.0. The number of hydrogen-bond acceptors (Lipinski definition) is 10. The van der Waals surface area contributed by atoms with Gasteiger partial charge in [0.1, 0.15) is 29.3 Å². The summed E-state index contributed by atoms with van der Waals surface area (Å²) in [5.74, 6) is -2.85. The average Bonchev–Trinajstić information content (AvgIpc) is 3.83. The molecule has 2 fully saturated rings. The number of amides is 5. The molecule has 0 radical (unpaired) electrons. The van der Waals surface area contributed by atoms with E-state index in [2.05, 4.69) is 38.8 Å². The van der Waals surface area contributed by atoms with Crippen LogP contribution < -0.4 is 25.4 Å².